The molecule has 0 fully saturated rings. The Kier molecular flexibility index (Phi) is 4.97. The average molecular weight is 340 g/mol. The van der Waals surface area contributed by atoms with Gasteiger partial charge >= 0.3 is 0 Å². The van der Waals surface area contributed by atoms with Gasteiger partial charge in [-0.05, 0) is 36.8 Å². The topological polar surface area (TPSA) is 79.6 Å². The van der Waals surface area contributed by atoms with Crippen molar-refractivity contribution >= 4 is 17.7 Å². The van der Waals surface area contributed by atoms with Crippen LogP contribution in [0.2, 0.25) is 0 Å². The Morgan fingerprint density at radius 1 is 1.12 bits per heavy atom. The average Bonchev–Trinajstić information content (AvgIpc) is 3.21. The molecule has 130 valence electrons. The molecule has 1 N–H and O–H groups in total. The quantitative estimate of drug-likeness (QED) is 0.621. The summed E-state index contributed by atoms with van der Waals surface area (Å²) < 4.78 is 5.21. The molecular formula is C19H20N2O4. The van der Waals surface area contributed by atoms with Gasteiger partial charge in [0.25, 0.3) is 17.7 Å². The van der Waals surface area contributed by atoms with Crippen LogP contribution in [0.15, 0.2) is 41.0 Å². The number of carbonyl (C=O) groups is 3. The summed E-state index contributed by atoms with van der Waals surface area (Å²) >= 11 is 0. The van der Waals surface area contributed by atoms with E-state index in [1.54, 1.807) is 24.3 Å². The molecule has 0 bridgehead atoms. The molecule has 0 atom stereocenters. The summed E-state index contributed by atoms with van der Waals surface area (Å²) in [7, 11) is 0. The summed E-state index contributed by atoms with van der Waals surface area (Å²) in [6.45, 7) is 2.78. The van der Waals surface area contributed by atoms with E-state index in [0.29, 0.717) is 23.4 Å². The van der Waals surface area contributed by atoms with Crippen molar-refractivity contribution in [3.63, 3.8) is 0 Å². The van der Waals surface area contributed by atoms with Crippen molar-refractivity contribution in [3.05, 3.63) is 59.0 Å². The first-order chi connectivity index (χ1) is 12.1. The van der Waals surface area contributed by atoms with Crippen LogP contribution < -0.4 is 5.32 Å². The Morgan fingerprint density at radius 2 is 1.92 bits per heavy atom. The number of hydrogen-bond donors (Lipinski definition) is 1. The fourth-order valence-electron chi connectivity index (χ4n) is 2.81. The molecule has 0 saturated carbocycles. The summed E-state index contributed by atoms with van der Waals surface area (Å²) in [6.07, 6.45) is 4.55. The van der Waals surface area contributed by atoms with Gasteiger partial charge < -0.3 is 9.73 Å². The van der Waals surface area contributed by atoms with Gasteiger partial charge in [0.05, 0.1) is 23.9 Å². The van der Waals surface area contributed by atoms with Crippen molar-refractivity contribution in [1.82, 2.24) is 10.2 Å². The molecule has 1 aromatic heterocycles. The number of fused-ring (bicyclic) bond motifs is 1. The molecule has 25 heavy (non-hydrogen) atoms. The zero-order valence-electron chi connectivity index (χ0n) is 14.1. The summed E-state index contributed by atoms with van der Waals surface area (Å²) in [6, 6.07) is 8.02. The highest BCUT2D eigenvalue weighted by Crippen LogP contribution is 2.25. The molecule has 0 saturated heterocycles. The molecule has 6 heteroatoms. The van der Waals surface area contributed by atoms with Crippen LogP contribution in [-0.2, 0) is 6.54 Å². The van der Waals surface area contributed by atoms with Crippen LogP contribution in [0.25, 0.3) is 0 Å². The first-order valence-corrected chi connectivity index (χ1v) is 8.42. The monoisotopic (exact) mass is 340 g/mol. The van der Waals surface area contributed by atoms with E-state index in [9.17, 15) is 14.4 Å². The number of furan rings is 1. The molecule has 0 aliphatic carbocycles. The molecule has 1 aliphatic rings. The summed E-state index contributed by atoms with van der Waals surface area (Å²) in [5.74, 6) is -0.477. The lowest BCUT2D eigenvalue weighted by Gasteiger charge is -2.11. The Morgan fingerprint density at radius 3 is 2.64 bits per heavy atom. The molecule has 3 rings (SSSR count). The maximum absolute atomic E-state index is 12.5. The standard InChI is InChI=1S/C19H20N2O4/c1-2-3-4-9-20-17(22)13-7-8-15-16(11-13)19(24)21(18(15)23)12-14-6-5-10-25-14/h5-8,10-11H,2-4,9,12H2,1H3,(H,20,22). The Balaban J connectivity index is 1.73. The molecule has 2 aromatic rings. The highest BCUT2D eigenvalue weighted by atomic mass is 16.3. The first-order valence-electron chi connectivity index (χ1n) is 8.42. The predicted molar refractivity (Wildman–Crippen MR) is 91.2 cm³/mol. The second-order valence-corrected chi connectivity index (χ2v) is 6.00. The molecule has 3 amide bonds. The number of imide groups is 1. The Labute approximate surface area is 145 Å². The molecule has 1 aromatic carbocycles. The van der Waals surface area contributed by atoms with Crippen molar-refractivity contribution < 1.29 is 18.8 Å². The largest absolute Gasteiger partial charge is 0.467 e. The van der Waals surface area contributed by atoms with Crippen molar-refractivity contribution in [2.45, 2.75) is 32.7 Å². The number of benzene rings is 1. The van der Waals surface area contributed by atoms with Gasteiger partial charge in [-0.3, -0.25) is 19.3 Å². The fourth-order valence-corrected chi connectivity index (χ4v) is 2.81. The van der Waals surface area contributed by atoms with Crippen LogP contribution in [-0.4, -0.2) is 29.2 Å². The van der Waals surface area contributed by atoms with Crippen molar-refractivity contribution in [2.24, 2.45) is 0 Å². The summed E-state index contributed by atoms with van der Waals surface area (Å²) in [4.78, 5) is 38.3. The molecule has 2 heterocycles. The number of rotatable bonds is 7. The van der Waals surface area contributed by atoms with E-state index in [2.05, 4.69) is 12.2 Å². The van der Waals surface area contributed by atoms with Crippen molar-refractivity contribution in [1.29, 1.82) is 0 Å². The second-order valence-electron chi connectivity index (χ2n) is 6.00. The van der Waals surface area contributed by atoms with Gasteiger partial charge in [0.2, 0.25) is 0 Å². The van der Waals surface area contributed by atoms with Gasteiger partial charge in [-0.25, -0.2) is 0 Å². The third-order valence-electron chi connectivity index (χ3n) is 4.19. The molecular weight excluding hydrogens is 320 g/mol. The molecule has 6 nitrogen and oxygen atoms in total. The fraction of sp³-hybridized carbons (Fsp3) is 0.316. The summed E-state index contributed by atoms with van der Waals surface area (Å²) in [5, 5.41) is 2.83. The Hall–Kier alpha value is -2.89. The third kappa shape index (κ3) is 3.47. The number of amides is 3. The van der Waals surface area contributed by atoms with Gasteiger partial charge in [0, 0.05) is 12.1 Å². The van der Waals surface area contributed by atoms with E-state index in [1.807, 2.05) is 0 Å². The van der Waals surface area contributed by atoms with Crippen LogP contribution in [0.1, 0.15) is 63.0 Å². The minimum atomic E-state index is -0.406. The first kappa shape index (κ1) is 17.0. The lowest BCUT2D eigenvalue weighted by atomic mass is 10.1. The van der Waals surface area contributed by atoms with E-state index in [0.717, 1.165) is 24.2 Å². The molecule has 0 spiro atoms. The lowest BCUT2D eigenvalue weighted by molar-refractivity contribution is 0.0631. The van der Waals surface area contributed by atoms with Gasteiger partial charge in [-0.2, -0.15) is 0 Å². The number of carbonyl (C=O) groups excluding carboxylic acids is 3. The van der Waals surface area contributed by atoms with Crippen LogP contribution >= 0.6 is 0 Å². The van der Waals surface area contributed by atoms with Crippen molar-refractivity contribution in [2.75, 3.05) is 6.54 Å². The minimum absolute atomic E-state index is 0.0812. The lowest BCUT2D eigenvalue weighted by Crippen LogP contribution is -2.28. The Bertz CT molecular complexity index is 796. The zero-order chi connectivity index (χ0) is 17.8. The normalized spacial score (nSPS) is 13.2. The predicted octanol–water partition coefficient (Wildman–Crippen LogP) is 3.00. The van der Waals surface area contributed by atoms with Crippen molar-refractivity contribution in [3.8, 4) is 0 Å². The molecule has 0 radical (unpaired) electrons. The van der Waals surface area contributed by atoms with Gasteiger partial charge in [0.15, 0.2) is 0 Å². The maximum Gasteiger partial charge on any atom is 0.261 e. The van der Waals surface area contributed by atoms with E-state index in [4.69, 9.17) is 4.42 Å². The SMILES string of the molecule is CCCCCNC(=O)c1ccc2c(c1)C(=O)N(Cc1ccco1)C2=O. The molecule has 0 unspecified atom stereocenters. The van der Waals surface area contributed by atoms with Gasteiger partial charge in [0.1, 0.15) is 5.76 Å². The van der Waals surface area contributed by atoms with Gasteiger partial charge in [-0.1, -0.05) is 19.8 Å². The zero-order valence-corrected chi connectivity index (χ0v) is 14.1. The summed E-state index contributed by atoms with van der Waals surface area (Å²) in [5.41, 5.74) is 0.966. The highest BCUT2D eigenvalue weighted by molar-refractivity contribution is 6.21. The van der Waals surface area contributed by atoms with Crippen LogP contribution in [0.3, 0.4) is 0 Å². The number of unbranched alkanes of at least 4 members (excludes halogenated alkanes) is 2. The smallest absolute Gasteiger partial charge is 0.261 e. The van der Waals surface area contributed by atoms with E-state index in [1.165, 1.54) is 12.3 Å². The van der Waals surface area contributed by atoms with Crippen LogP contribution in [0.4, 0.5) is 0 Å². The minimum Gasteiger partial charge on any atom is -0.467 e. The molecule has 1 aliphatic heterocycles. The third-order valence-corrected chi connectivity index (χ3v) is 4.19. The number of nitrogens with one attached hydrogen (secondary N) is 1. The van der Waals surface area contributed by atoms with Gasteiger partial charge in [-0.15, -0.1) is 0 Å². The maximum atomic E-state index is 12.5. The van der Waals surface area contributed by atoms with Crippen LogP contribution in [0, 0.1) is 0 Å². The number of nitrogens with zero attached hydrogens (tertiary/aromatic N) is 1. The van der Waals surface area contributed by atoms with E-state index in [-0.39, 0.29) is 23.9 Å². The van der Waals surface area contributed by atoms with E-state index >= 15 is 0 Å². The second kappa shape index (κ2) is 7.34. The van der Waals surface area contributed by atoms with E-state index < -0.39 is 5.91 Å². The highest BCUT2D eigenvalue weighted by Gasteiger charge is 2.36. The van der Waals surface area contributed by atoms with Crippen LogP contribution in [0.5, 0.6) is 0 Å². The number of hydrogen-bond acceptors (Lipinski definition) is 4.